The van der Waals surface area contributed by atoms with Crippen LogP contribution in [0.2, 0.25) is 5.02 Å². The molecule has 0 saturated heterocycles. The highest BCUT2D eigenvalue weighted by Crippen LogP contribution is 2.23. The first-order valence-corrected chi connectivity index (χ1v) is 5.37. The van der Waals surface area contributed by atoms with Gasteiger partial charge in [0.15, 0.2) is 0 Å². The van der Waals surface area contributed by atoms with E-state index in [-0.39, 0.29) is 0 Å². The Kier molecular flexibility index (Phi) is 3.92. The Balaban J connectivity index is 0.000000531. The number of anilines is 1. The molecule has 0 bridgehead atoms. The van der Waals surface area contributed by atoms with Crippen molar-refractivity contribution in [1.82, 2.24) is 4.98 Å². The van der Waals surface area contributed by atoms with Gasteiger partial charge in [0, 0.05) is 21.8 Å². The van der Waals surface area contributed by atoms with Crippen LogP contribution in [0.25, 0.3) is 10.9 Å². The summed E-state index contributed by atoms with van der Waals surface area (Å²) in [6.07, 6.45) is 0. The standard InChI is InChI=1S/C10H9ClN2.C2H6/c1-6-4-9(12)8-5-7(11)2-3-10(8)13-6;1-2/h2-5H,1H3,(H2,12,13);1-2H3. The highest BCUT2D eigenvalue weighted by Gasteiger charge is 2.00. The summed E-state index contributed by atoms with van der Waals surface area (Å²) in [6.45, 7) is 5.92. The van der Waals surface area contributed by atoms with Crippen LogP contribution in [0, 0.1) is 6.92 Å². The van der Waals surface area contributed by atoms with Gasteiger partial charge in [-0.15, -0.1) is 0 Å². The Morgan fingerprint density at radius 2 is 1.87 bits per heavy atom. The van der Waals surface area contributed by atoms with Crippen molar-refractivity contribution in [3.05, 3.63) is 35.0 Å². The minimum Gasteiger partial charge on any atom is -0.398 e. The Labute approximate surface area is 95.1 Å². The molecular formula is C12H15ClN2. The summed E-state index contributed by atoms with van der Waals surface area (Å²) in [4.78, 5) is 4.34. The van der Waals surface area contributed by atoms with Crippen LogP contribution < -0.4 is 5.73 Å². The highest BCUT2D eigenvalue weighted by molar-refractivity contribution is 6.31. The zero-order valence-corrected chi connectivity index (χ0v) is 9.97. The minimum absolute atomic E-state index is 0.685. The largest absolute Gasteiger partial charge is 0.398 e. The van der Waals surface area contributed by atoms with Crippen molar-refractivity contribution in [2.45, 2.75) is 20.8 Å². The number of pyridine rings is 1. The van der Waals surface area contributed by atoms with Gasteiger partial charge in [-0.3, -0.25) is 4.98 Å². The Morgan fingerprint density at radius 3 is 2.53 bits per heavy atom. The van der Waals surface area contributed by atoms with Crippen molar-refractivity contribution in [2.75, 3.05) is 5.73 Å². The van der Waals surface area contributed by atoms with Gasteiger partial charge in [-0.25, -0.2) is 0 Å². The molecule has 0 atom stereocenters. The summed E-state index contributed by atoms with van der Waals surface area (Å²) in [5, 5.41) is 1.60. The Morgan fingerprint density at radius 1 is 1.20 bits per heavy atom. The summed E-state index contributed by atoms with van der Waals surface area (Å²) >= 11 is 5.85. The Hall–Kier alpha value is -1.28. The molecule has 0 unspecified atom stereocenters. The molecule has 0 aliphatic rings. The van der Waals surface area contributed by atoms with E-state index in [1.807, 2.05) is 45.0 Å². The molecular weight excluding hydrogens is 208 g/mol. The molecule has 15 heavy (non-hydrogen) atoms. The molecule has 1 heterocycles. The first-order valence-electron chi connectivity index (χ1n) is 4.99. The number of benzene rings is 1. The fraction of sp³-hybridized carbons (Fsp3) is 0.250. The van der Waals surface area contributed by atoms with Crippen molar-refractivity contribution in [3.63, 3.8) is 0 Å². The molecule has 1 aromatic heterocycles. The predicted molar refractivity (Wildman–Crippen MR) is 67.3 cm³/mol. The number of hydrogen-bond donors (Lipinski definition) is 1. The summed E-state index contributed by atoms with van der Waals surface area (Å²) < 4.78 is 0. The number of hydrogen-bond acceptors (Lipinski definition) is 2. The summed E-state index contributed by atoms with van der Waals surface area (Å²) in [5.41, 5.74) is 8.37. The van der Waals surface area contributed by atoms with Crippen molar-refractivity contribution in [3.8, 4) is 0 Å². The molecule has 2 aromatic rings. The zero-order chi connectivity index (χ0) is 11.4. The van der Waals surface area contributed by atoms with Gasteiger partial charge in [0.25, 0.3) is 0 Å². The van der Waals surface area contributed by atoms with E-state index in [2.05, 4.69) is 4.98 Å². The van der Waals surface area contributed by atoms with Crippen LogP contribution in [0.1, 0.15) is 19.5 Å². The lowest BCUT2D eigenvalue weighted by Crippen LogP contribution is -1.91. The number of rotatable bonds is 0. The lowest BCUT2D eigenvalue weighted by Gasteiger charge is -2.03. The van der Waals surface area contributed by atoms with Gasteiger partial charge in [-0.05, 0) is 31.2 Å². The van der Waals surface area contributed by atoms with Crippen LogP contribution in [0.15, 0.2) is 24.3 Å². The van der Waals surface area contributed by atoms with Crippen molar-refractivity contribution < 1.29 is 0 Å². The molecule has 80 valence electrons. The van der Waals surface area contributed by atoms with Gasteiger partial charge in [0.05, 0.1) is 5.52 Å². The molecule has 0 aliphatic heterocycles. The third kappa shape index (κ3) is 2.60. The van der Waals surface area contributed by atoms with E-state index in [9.17, 15) is 0 Å². The maximum Gasteiger partial charge on any atom is 0.0726 e. The molecule has 2 rings (SSSR count). The van der Waals surface area contributed by atoms with Crippen LogP contribution >= 0.6 is 11.6 Å². The van der Waals surface area contributed by atoms with E-state index in [0.717, 1.165) is 22.3 Å². The van der Waals surface area contributed by atoms with E-state index in [4.69, 9.17) is 17.3 Å². The third-order valence-corrected chi connectivity index (χ3v) is 2.17. The van der Waals surface area contributed by atoms with Crippen LogP contribution in [0.5, 0.6) is 0 Å². The van der Waals surface area contributed by atoms with E-state index < -0.39 is 0 Å². The second-order valence-corrected chi connectivity index (χ2v) is 3.45. The molecule has 0 spiro atoms. The molecule has 0 radical (unpaired) electrons. The number of halogens is 1. The third-order valence-electron chi connectivity index (χ3n) is 1.93. The molecule has 2 N–H and O–H groups in total. The van der Waals surface area contributed by atoms with Gasteiger partial charge < -0.3 is 5.73 Å². The topological polar surface area (TPSA) is 38.9 Å². The second kappa shape index (κ2) is 4.99. The maximum atomic E-state index is 5.85. The lowest BCUT2D eigenvalue weighted by atomic mass is 10.2. The zero-order valence-electron chi connectivity index (χ0n) is 9.21. The number of aryl methyl sites for hydroxylation is 1. The first kappa shape index (κ1) is 11.8. The summed E-state index contributed by atoms with van der Waals surface area (Å²) in [5.74, 6) is 0. The number of aromatic nitrogens is 1. The first-order chi connectivity index (χ1) is 7.16. The molecule has 0 saturated carbocycles. The van der Waals surface area contributed by atoms with Gasteiger partial charge in [0.2, 0.25) is 0 Å². The molecule has 1 aromatic carbocycles. The highest BCUT2D eigenvalue weighted by atomic mass is 35.5. The van der Waals surface area contributed by atoms with Crippen molar-refractivity contribution in [2.24, 2.45) is 0 Å². The van der Waals surface area contributed by atoms with E-state index in [0.29, 0.717) is 5.02 Å². The average molecular weight is 223 g/mol. The molecule has 0 amide bonds. The summed E-state index contributed by atoms with van der Waals surface area (Å²) in [7, 11) is 0. The second-order valence-electron chi connectivity index (χ2n) is 3.01. The van der Waals surface area contributed by atoms with E-state index >= 15 is 0 Å². The predicted octanol–water partition coefficient (Wildman–Crippen LogP) is 3.81. The minimum atomic E-state index is 0.685. The van der Waals surface area contributed by atoms with Crippen LogP contribution in [-0.4, -0.2) is 4.98 Å². The molecule has 0 fully saturated rings. The average Bonchev–Trinajstić information content (AvgIpc) is 2.22. The fourth-order valence-electron chi connectivity index (χ4n) is 1.36. The van der Waals surface area contributed by atoms with Crippen molar-refractivity contribution >= 4 is 28.2 Å². The smallest absolute Gasteiger partial charge is 0.0726 e. The van der Waals surface area contributed by atoms with Gasteiger partial charge in [0.1, 0.15) is 0 Å². The normalized spacial score (nSPS) is 9.60. The van der Waals surface area contributed by atoms with Gasteiger partial charge in [-0.1, -0.05) is 25.4 Å². The number of fused-ring (bicyclic) bond motifs is 1. The van der Waals surface area contributed by atoms with Gasteiger partial charge in [-0.2, -0.15) is 0 Å². The van der Waals surface area contributed by atoms with Gasteiger partial charge >= 0.3 is 0 Å². The number of nitrogen functional groups attached to an aromatic ring is 1. The van der Waals surface area contributed by atoms with Crippen LogP contribution in [0.3, 0.4) is 0 Å². The van der Waals surface area contributed by atoms with Crippen molar-refractivity contribution in [1.29, 1.82) is 0 Å². The van der Waals surface area contributed by atoms with E-state index in [1.165, 1.54) is 0 Å². The quantitative estimate of drug-likeness (QED) is 0.736. The van der Waals surface area contributed by atoms with Crippen LogP contribution in [-0.2, 0) is 0 Å². The number of nitrogens with two attached hydrogens (primary N) is 1. The fourth-order valence-corrected chi connectivity index (χ4v) is 1.53. The summed E-state index contributed by atoms with van der Waals surface area (Å²) in [6, 6.07) is 7.37. The molecule has 0 aliphatic carbocycles. The Bertz CT molecular complexity index is 466. The lowest BCUT2D eigenvalue weighted by molar-refractivity contribution is 1.26. The maximum absolute atomic E-state index is 5.85. The molecule has 2 nitrogen and oxygen atoms in total. The molecule has 3 heteroatoms. The monoisotopic (exact) mass is 222 g/mol. The number of nitrogens with zero attached hydrogens (tertiary/aromatic N) is 1. The van der Waals surface area contributed by atoms with E-state index in [1.54, 1.807) is 0 Å². The SMILES string of the molecule is CC.Cc1cc(N)c2cc(Cl)ccc2n1. The van der Waals surface area contributed by atoms with Crippen LogP contribution in [0.4, 0.5) is 5.69 Å².